The average molecular weight is 373 g/mol. The van der Waals surface area contributed by atoms with E-state index in [1.165, 1.54) is 0 Å². The van der Waals surface area contributed by atoms with Gasteiger partial charge in [-0.1, -0.05) is 29.8 Å². The lowest BCUT2D eigenvalue weighted by Gasteiger charge is -2.28. The number of nitrogens with zero attached hydrogens (tertiary/aromatic N) is 3. The normalized spacial score (nSPS) is 22.5. The first-order valence-electron chi connectivity index (χ1n) is 9.37. The van der Waals surface area contributed by atoms with Crippen LogP contribution in [0.25, 0.3) is 0 Å². The molecule has 0 saturated carbocycles. The smallest absolute Gasteiger partial charge is 0.258 e. The topological polar surface area (TPSA) is 50.2 Å². The van der Waals surface area contributed by atoms with Gasteiger partial charge in [0.25, 0.3) is 5.91 Å². The Labute approximate surface area is 159 Å². The van der Waals surface area contributed by atoms with Crippen LogP contribution in [0.3, 0.4) is 0 Å². The molecule has 2 saturated heterocycles. The largest absolute Gasteiger partial charge is 0.331 e. The van der Waals surface area contributed by atoms with Gasteiger partial charge in [0.1, 0.15) is 0 Å². The maximum absolute atomic E-state index is 13.4. The molecule has 2 unspecified atom stereocenters. The summed E-state index contributed by atoms with van der Waals surface area (Å²) in [7, 11) is 0. The van der Waals surface area contributed by atoms with Crippen LogP contribution in [0.1, 0.15) is 46.6 Å². The van der Waals surface area contributed by atoms with E-state index in [0.717, 1.165) is 59.9 Å². The number of fused-ring (bicyclic) bond motifs is 2. The Kier molecular flexibility index (Phi) is 4.76. The lowest BCUT2D eigenvalue weighted by molar-refractivity contribution is 0.0678. The summed E-state index contributed by atoms with van der Waals surface area (Å²) in [6.07, 6.45) is 3.24. The van der Waals surface area contributed by atoms with Crippen LogP contribution in [-0.2, 0) is 6.54 Å². The molecule has 1 aromatic carbocycles. The van der Waals surface area contributed by atoms with Gasteiger partial charge in [-0.05, 0) is 51.3 Å². The molecule has 4 rings (SSSR count). The Morgan fingerprint density at radius 1 is 1.23 bits per heavy atom. The number of aryl methyl sites for hydroxylation is 1. The first-order valence-corrected chi connectivity index (χ1v) is 9.75. The predicted octanol–water partition coefficient (Wildman–Crippen LogP) is 3.17. The van der Waals surface area contributed by atoms with Crippen LogP contribution in [0.15, 0.2) is 24.3 Å². The third-order valence-electron chi connectivity index (χ3n) is 5.76. The number of rotatable bonds is 3. The van der Waals surface area contributed by atoms with Gasteiger partial charge in [0.2, 0.25) is 0 Å². The molecule has 26 heavy (non-hydrogen) atoms. The van der Waals surface area contributed by atoms with Gasteiger partial charge >= 0.3 is 0 Å². The lowest BCUT2D eigenvalue weighted by Crippen LogP contribution is -2.42. The van der Waals surface area contributed by atoms with Crippen LogP contribution >= 0.6 is 11.6 Å². The molecule has 2 aliphatic rings. The number of nitrogens with one attached hydrogen (secondary N) is 1. The minimum Gasteiger partial charge on any atom is -0.331 e. The van der Waals surface area contributed by atoms with Gasteiger partial charge in [-0.25, -0.2) is 0 Å². The molecular formula is C20H25ClN4O. The van der Waals surface area contributed by atoms with Crippen molar-refractivity contribution >= 4 is 17.5 Å². The number of carbonyl (C=O) groups is 1. The Balaban J connectivity index is 1.64. The molecule has 0 radical (unpaired) electrons. The molecule has 1 aromatic heterocycles. The number of hydrogen-bond donors (Lipinski definition) is 1. The summed E-state index contributed by atoms with van der Waals surface area (Å²) in [5.41, 5.74) is 3.49. The molecular weight excluding hydrogens is 348 g/mol. The third-order valence-corrected chi connectivity index (χ3v) is 6.13. The van der Waals surface area contributed by atoms with Crippen LogP contribution in [0.2, 0.25) is 5.02 Å². The molecule has 1 amide bonds. The van der Waals surface area contributed by atoms with E-state index in [-0.39, 0.29) is 5.91 Å². The zero-order valence-corrected chi connectivity index (χ0v) is 16.1. The second-order valence-electron chi connectivity index (χ2n) is 7.39. The van der Waals surface area contributed by atoms with E-state index < -0.39 is 0 Å². The monoisotopic (exact) mass is 372 g/mol. The summed E-state index contributed by atoms with van der Waals surface area (Å²) < 4.78 is 1.90. The van der Waals surface area contributed by atoms with E-state index in [0.29, 0.717) is 18.6 Å². The summed E-state index contributed by atoms with van der Waals surface area (Å²) in [4.78, 5) is 15.5. The van der Waals surface area contributed by atoms with Crippen molar-refractivity contribution in [2.24, 2.45) is 0 Å². The number of hydrogen-bond acceptors (Lipinski definition) is 3. The van der Waals surface area contributed by atoms with Gasteiger partial charge in [-0.2, -0.15) is 5.10 Å². The number of benzene rings is 1. The van der Waals surface area contributed by atoms with E-state index >= 15 is 0 Å². The summed E-state index contributed by atoms with van der Waals surface area (Å²) in [5, 5.41) is 8.84. The molecule has 2 bridgehead atoms. The predicted molar refractivity (Wildman–Crippen MR) is 103 cm³/mol. The van der Waals surface area contributed by atoms with Crippen LogP contribution in [0.5, 0.6) is 0 Å². The van der Waals surface area contributed by atoms with Crippen molar-refractivity contribution in [3.8, 4) is 0 Å². The maximum atomic E-state index is 13.4. The lowest BCUT2D eigenvalue weighted by atomic mass is 10.1. The van der Waals surface area contributed by atoms with Gasteiger partial charge in [0.15, 0.2) is 0 Å². The molecule has 0 spiro atoms. The van der Waals surface area contributed by atoms with Crippen molar-refractivity contribution in [2.45, 2.75) is 51.7 Å². The summed E-state index contributed by atoms with van der Waals surface area (Å²) in [5.74, 6) is 0.140. The quantitative estimate of drug-likeness (QED) is 0.900. The fraction of sp³-hybridized carbons (Fsp3) is 0.500. The fourth-order valence-electron chi connectivity index (χ4n) is 4.39. The third kappa shape index (κ3) is 3.03. The molecule has 2 atom stereocenters. The van der Waals surface area contributed by atoms with E-state index in [1.807, 2.05) is 42.8 Å². The van der Waals surface area contributed by atoms with Crippen LogP contribution < -0.4 is 5.32 Å². The summed E-state index contributed by atoms with van der Waals surface area (Å²) in [6, 6.07) is 8.44. The molecule has 2 fully saturated rings. The highest BCUT2D eigenvalue weighted by Gasteiger charge is 2.39. The number of halogens is 1. The zero-order chi connectivity index (χ0) is 18.3. The molecule has 2 aromatic rings. The van der Waals surface area contributed by atoms with Gasteiger partial charge < -0.3 is 10.2 Å². The molecule has 138 valence electrons. The van der Waals surface area contributed by atoms with Gasteiger partial charge in [0.05, 0.1) is 17.8 Å². The van der Waals surface area contributed by atoms with Gasteiger partial charge in [-0.15, -0.1) is 0 Å². The highest BCUT2D eigenvalue weighted by atomic mass is 35.5. The highest BCUT2D eigenvalue weighted by molar-refractivity contribution is 6.31. The molecule has 0 aliphatic carbocycles. The Morgan fingerprint density at radius 3 is 2.81 bits per heavy atom. The van der Waals surface area contributed by atoms with E-state index in [4.69, 9.17) is 11.6 Å². The standard InChI is InChI=1S/C20H25ClN4O/c1-13-19(20(26)25-16-7-8-17(25)11-22-10-9-16)14(2)24(23-13)12-15-5-3-4-6-18(15)21/h3-6,16-17,22H,7-12H2,1-2H3. The number of carbonyl (C=O) groups excluding carboxylic acids is 1. The van der Waals surface area contributed by atoms with Gasteiger partial charge in [-0.3, -0.25) is 9.48 Å². The minimum atomic E-state index is 0.140. The van der Waals surface area contributed by atoms with Crippen LogP contribution in [0, 0.1) is 13.8 Å². The van der Waals surface area contributed by atoms with Crippen LogP contribution in [-0.4, -0.2) is 45.8 Å². The van der Waals surface area contributed by atoms with Crippen molar-refractivity contribution < 1.29 is 4.79 Å². The number of amides is 1. The van der Waals surface area contributed by atoms with Crippen molar-refractivity contribution in [1.29, 1.82) is 0 Å². The Hall–Kier alpha value is -1.85. The first kappa shape index (κ1) is 17.6. The van der Waals surface area contributed by atoms with Crippen molar-refractivity contribution in [2.75, 3.05) is 13.1 Å². The molecule has 5 nitrogen and oxygen atoms in total. The Morgan fingerprint density at radius 2 is 2.00 bits per heavy atom. The summed E-state index contributed by atoms with van der Waals surface area (Å²) >= 11 is 6.30. The van der Waals surface area contributed by atoms with Crippen molar-refractivity contribution in [3.63, 3.8) is 0 Å². The minimum absolute atomic E-state index is 0.140. The fourth-order valence-corrected chi connectivity index (χ4v) is 4.59. The SMILES string of the molecule is Cc1nn(Cc2ccccc2Cl)c(C)c1C(=O)N1C2CCNCC1CC2. The Bertz CT molecular complexity index is 817. The van der Waals surface area contributed by atoms with E-state index in [9.17, 15) is 4.79 Å². The van der Waals surface area contributed by atoms with Crippen molar-refractivity contribution in [1.82, 2.24) is 20.0 Å². The second-order valence-corrected chi connectivity index (χ2v) is 7.79. The average Bonchev–Trinajstić information content (AvgIpc) is 3.03. The highest BCUT2D eigenvalue weighted by Crippen LogP contribution is 2.31. The van der Waals surface area contributed by atoms with Crippen molar-refractivity contribution in [3.05, 3.63) is 51.8 Å². The van der Waals surface area contributed by atoms with E-state index in [2.05, 4.69) is 15.3 Å². The maximum Gasteiger partial charge on any atom is 0.258 e. The zero-order valence-electron chi connectivity index (χ0n) is 15.3. The molecule has 1 N–H and O–H groups in total. The summed E-state index contributed by atoms with van der Waals surface area (Å²) in [6.45, 7) is 6.39. The molecule has 2 aliphatic heterocycles. The second kappa shape index (κ2) is 7.05. The molecule has 3 heterocycles. The number of aromatic nitrogens is 2. The van der Waals surface area contributed by atoms with E-state index in [1.54, 1.807) is 0 Å². The van der Waals surface area contributed by atoms with Crippen LogP contribution in [0.4, 0.5) is 0 Å². The van der Waals surface area contributed by atoms with Gasteiger partial charge in [0, 0.05) is 29.3 Å². The first-order chi connectivity index (χ1) is 12.6. The molecule has 6 heteroatoms.